The summed E-state index contributed by atoms with van der Waals surface area (Å²) in [6, 6.07) is 10.1. The van der Waals surface area contributed by atoms with Gasteiger partial charge in [0.25, 0.3) is 11.5 Å². The lowest BCUT2D eigenvalue weighted by Gasteiger charge is -2.13. The van der Waals surface area contributed by atoms with Crippen molar-refractivity contribution in [1.29, 1.82) is 0 Å². The van der Waals surface area contributed by atoms with Gasteiger partial charge in [-0.3, -0.25) is 14.0 Å². The van der Waals surface area contributed by atoms with Crippen LogP contribution in [0.15, 0.2) is 63.4 Å². The van der Waals surface area contributed by atoms with Crippen molar-refractivity contribution in [2.24, 2.45) is 0 Å². The predicted molar refractivity (Wildman–Crippen MR) is 102 cm³/mol. The molecule has 0 fully saturated rings. The van der Waals surface area contributed by atoms with Gasteiger partial charge in [0.2, 0.25) is 0 Å². The third-order valence-electron chi connectivity index (χ3n) is 3.86. The first-order valence-corrected chi connectivity index (χ1v) is 9.02. The summed E-state index contributed by atoms with van der Waals surface area (Å²) < 4.78 is 12.4. The van der Waals surface area contributed by atoms with Crippen molar-refractivity contribution in [3.63, 3.8) is 0 Å². The summed E-state index contributed by atoms with van der Waals surface area (Å²) in [7, 11) is 0. The molecule has 0 atom stereocenters. The second-order valence-corrected chi connectivity index (χ2v) is 6.73. The summed E-state index contributed by atoms with van der Waals surface area (Å²) in [4.78, 5) is 29.3. The molecule has 8 heteroatoms. The topological polar surface area (TPSA) is 85.8 Å². The van der Waals surface area contributed by atoms with Crippen LogP contribution in [0.25, 0.3) is 4.96 Å². The van der Waals surface area contributed by atoms with Crippen LogP contribution in [-0.2, 0) is 6.61 Å². The summed E-state index contributed by atoms with van der Waals surface area (Å²) in [5.74, 6) is 0.326. The van der Waals surface area contributed by atoms with Gasteiger partial charge >= 0.3 is 0 Å². The van der Waals surface area contributed by atoms with Crippen molar-refractivity contribution in [1.82, 2.24) is 9.38 Å². The number of aromatic nitrogens is 2. The van der Waals surface area contributed by atoms with E-state index in [1.165, 1.54) is 28.1 Å². The van der Waals surface area contributed by atoms with Crippen LogP contribution in [-0.4, -0.2) is 15.3 Å². The Balaban J connectivity index is 1.56. The van der Waals surface area contributed by atoms with Gasteiger partial charge in [-0.05, 0) is 36.8 Å². The normalized spacial score (nSPS) is 10.9. The molecule has 1 N–H and O–H groups in total. The lowest BCUT2D eigenvalue weighted by molar-refractivity contribution is 0.0996. The fourth-order valence-corrected chi connectivity index (χ4v) is 3.30. The lowest BCUT2D eigenvalue weighted by Crippen LogP contribution is -2.15. The number of furan rings is 1. The molecule has 0 aliphatic heterocycles. The number of rotatable bonds is 5. The van der Waals surface area contributed by atoms with E-state index in [0.717, 1.165) is 5.56 Å². The van der Waals surface area contributed by atoms with Crippen molar-refractivity contribution < 1.29 is 13.9 Å². The van der Waals surface area contributed by atoms with E-state index in [-0.39, 0.29) is 23.8 Å². The number of nitrogens with one attached hydrogen (secondary N) is 1. The molecule has 0 unspecified atom stereocenters. The van der Waals surface area contributed by atoms with E-state index >= 15 is 0 Å². The SMILES string of the molecule is Cc1ccc(NC(=O)c2ccco2)c(OCc2cc(=O)n3ccsc3n2)c1. The van der Waals surface area contributed by atoms with Crippen molar-refractivity contribution in [2.45, 2.75) is 13.5 Å². The van der Waals surface area contributed by atoms with Gasteiger partial charge in [0.05, 0.1) is 17.6 Å². The fraction of sp³-hybridized carbons (Fsp3) is 0.105. The van der Waals surface area contributed by atoms with Crippen molar-refractivity contribution in [2.75, 3.05) is 5.32 Å². The van der Waals surface area contributed by atoms with Gasteiger partial charge in [-0.2, -0.15) is 0 Å². The molecule has 0 aliphatic rings. The van der Waals surface area contributed by atoms with Crippen molar-refractivity contribution >= 4 is 27.9 Å². The van der Waals surface area contributed by atoms with E-state index in [0.29, 0.717) is 22.1 Å². The maximum Gasteiger partial charge on any atom is 0.291 e. The van der Waals surface area contributed by atoms with Crippen LogP contribution < -0.4 is 15.6 Å². The van der Waals surface area contributed by atoms with E-state index in [1.807, 2.05) is 19.1 Å². The van der Waals surface area contributed by atoms with Crippen LogP contribution in [0.2, 0.25) is 0 Å². The molecule has 0 saturated heterocycles. The molecule has 0 bridgehead atoms. The molecule has 0 spiro atoms. The molecule has 27 heavy (non-hydrogen) atoms. The smallest absolute Gasteiger partial charge is 0.291 e. The number of ether oxygens (including phenoxy) is 1. The predicted octanol–water partition coefficient (Wildman–Crippen LogP) is 3.49. The van der Waals surface area contributed by atoms with E-state index in [1.54, 1.807) is 29.8 Å². The summed E-state index contributed by atoms with van der Waals surface area (Å²) in [5, 5.41) is 4.57. The summed E-state index contributed by atoms with van der Waals surface area (Å²) >= 11 is 1.38. The monoisotopic (exact) mass is 381 g/mol. The van der Waals surface area contributed by atoms with Gasteiger partial charge in [0.15, 0.2) is 10.7 Å². The molecule has 7 nitrogen and oxygen atoms in total. The standard InChI is InChI=1S/C19H15N3O4S/c1-12-4-5-14(21-18(24)15-3-2-7-25-15)16(9-12)26-11-13-10-17(23)22-6-8-27-19(22)20-13/h2-10H,11H2,1H3,(H,21,24). The zero-order chi connectivity index (χ0) is 18.8. The number of hydrogen-bond acceptors (Lipinski definition) is 6. The Morgan fingerprint density at radius 2 is 2.22 bits per heavy atom. The third-order valence-corrected chi connectivity index (χ3v) is 4.62. The number of nitrogens with zero attached hydrogens (tertiary/aromatic N) is 2. The molecule has 0 saturated carbocycles. The zero-order valence-corrected chi connectivity index (χ0v) is 15.2. The van der Waals surface area contributed by atoms with Crippen LogP contribution in [0, 0.1) is 6.92 Å². The summed E-state index contributed by atoms with van der Waals surface area (Å²) in [6.07, 6.45) is 3.12. The third kappa shape index (κ3) is 3.61. The first-order valence-electron chi connectivity index (χ1n) is 8.14. The van der Waals surface area contributed by atoms with Crippen LogP contribution >= 0.6 is 11.3 Å². The quantitative estimate of drug-likeness (QED) is 0.572. The molecule has 1 amide bonds. The number of hydrogen-bond donors (Lipinski definition) is 1. The highest BCUT2D eigenvalue weighted by atomic mass is 32.1. The second kappa shape index (κ2) is 7.08. The van der Waals surface area contributed by atoms with Gasteiger partial charge in [0.1, 0.15) is 12.4 Å². The van der Waals surface area contributed by atoms with Crippen LogP contribution in [0.1, 0.15) is 21.8 Å². The number of aryl methyl sites for hydroxylation is 1. The minimum atomic E-state index is -0.370. The second-order valence-electron chi connectivity index (χ2n) is 5.86. The number of fused-ring (bicyclic) bond motifs is 1. The number of thiazole rings is 1. The molecule has 3 aromatic heterocycles. The molecular weight excluding hydrogens is 366 g/mol. The Morgan fingerprint density at radius 1 is 1.33 bits per heavy atom. The number of benzene rings is 1. The van der Waals surface area contributed by atoms with Gasteiger partial charge in [-0.25, -0.2) is 4.98 Å². The minimum absolute atomic E-state index is 0.108. The number of amides is 1. The highest BCUT2D eigenvalue weighted by Gasteiger charge is 2.13. The average Bonchev–Trinajstić information content (AvgIpc) is 3.33. The first kappa shape index (κ1) is 17.0. The molecule has 4 aromatic rings. The Hall–Kier alpha value is -3.39. The lowest BCUT2D eigenvalue weighted by atomic mass is 10.2. The Morgan fingerprint density at radius 3 is 3.04 bits per heavy atom. The minimum Gasteiger partial charge on any atom is -0.485 e. The molecule has 0 radical (unpaired) electrons. The van der Waals surface area contributed by atoms with Gasteiger partial charge in [-0.15, -0.1) is 11.3 Å². The average molecular weight is 381 g/mol. The van der Waals surface area contributed by atoms with Crippen LogP contribution in [0.4, 0.5) is 5.69 Å². The number of carbonyl (C=O) groups excluding carboxylic acids is 1. The van der Waals surface area contributed by atoms with Gasteiger partial charge in [0, 0.05) is 17.6 Å². The summed E-state index contributed by atoms with van der Waals surface area (Å²) in [6.45, 7) is 2.03. The van der Waals surface area contributed by atoms with Crippen LogP contribution in [0.3, 0.4) is 0 Å². The zero-order valence-electron chi connectivity index (χ0n) is 14.3. The molecule has 0 aliphatic carbocycles. The Kier molecular flexibility index (Phi) is 4.47. The molecule has 4 rings (SSSR count). The van der Waals surface area contributed by atoms with Crippen molar-refractivity contribution in [3.8, 4) is 5.75 Å². The van der Waals surface area contributed by atoms with Crippen molar-refractivity contribution in [3.05, 3.63) is 81.6 Å². The van der Waals surface area contributed by atoms with E-state index < -0.39 is 0 Å². The van der Waals surface area contributed by atoms with E-state index in [9.17, 15) is 9.59 Å². The Labute approximate surface area is 157 Å². The van der Waals surface area contributed by atoms with Gasteiger partial charge < -0.3 is 14.5 Å². The molecule has 3 heterocycles. The molecular formula is C19H15N3O4S. The number of anilines is 1. The number of carbonyl (C=O) groups is 1. The fourth-order valence-electron chi connectivity index (χ4n) is 2.56. The highest BCUT2D eigenvalue weighted by Crippen LogP contribution is 2.27. The largest absolute Gasteiger partial charge is 0.485 e. The Bertz CT molecular complexity index is 1160. The van der Waals surface area contributed by atoms with E-state index in [2.05, 4.69) is 10.3 Å². The molecule has 1 aromatic carbocycles. The first-order chi connectivity index (χ1) is 13.1. The highest BCUT2D eigenvalue weighted by molar-refractivity contribution is 7.15. The van der Waals surface area contributed by atoms with E-state index in [4.69, 9.17) is 9.15 Å². The maximum absolute atomic E-state index is 12.2. The van der Waals surface area contributed by atoms with Gasteiger partial charge in [-0.1, -0.05) is 6.07 Å². The summed E-state index contributed by atoms with van der Waals surface area (Å²) in [5.41, 5.74) is 1.85. The van der Waals surface area contributed by atoms with Crippen LogP contribution in [0.5, 0.6) is 5.75 Å². The maximum atomic E-state index is 12.2. The molecule has 136 valence electrons.